The molecule has 0 saturated carbocycles. The van der Waals surface area contributed by atoms with Crippen LogP contribution in [0.15, 0.2) is 48.5 Å². The van der Waals surface area contributed by atoms with Gasteiger partial charge in [-0.15, -0.1) is 0 Å². The fraction of sp³-hybridized carbons (Fsp3) is 0.167. The van der Waals surface area contributed by atoms with Gasteiger partial charge in [0.2, 0.25) is 0 Å². The topological polar surface area (TPSA) is 65.1 Å². The van der Waals surface area contributed by atoms with Gasteiger partial charge in [0.15, 0.2) is 0 Å². The third-order valence-corrected chi connectivity index (χ3v) is 4.41. The van der Waals surface area contributed by atoms with Crippen molar-refractivity contribution in [3.05, 3.63) is 71.2 Å². The summed E-state index contributed by atoms with van der Waals surface area (Å²) in [6, 6.07) is 13.1. The standard InChI is InChI=1S/C18H15FN2O2/c19-11-7-5-10(6-8-11)16-17-13(9-15(21-16)18(22)23)12-3-1-2-4-14(12)20-17/h1-8,15-16,20-21H,9H2,(H,22,23)/t15-,16+/m1/s1. The highest BCUT2D eigenvalue weighted by Crippen LogP contribution is 2.35. The number of nitrogens with one attached hydrogen (secondary N) is 2. The van der Waals surface area contributed by atoms with Crippen LogP contribution in [0.3, 0.4) is 0 Å². The number of fused-ring (bicyclic) bond motifs is 3. The Bertz CT molecular complexity index is 886. The first-order chi connectivity index (χ1) is 11.1. The number of para-hydroxylation sites is 1. The fourth-order valence-electron chi connectivity index (χ4n) is 3.31. The first-order valence-corrected chi connectivity index (χ1v) is 7.47. The number of aromatic amines is 1. The summed E-state index contributed by atoms with van der Waals surface area (Å²) in [6.07, 6.45) is 0.423. The van der Waals surface area contributed by atoms with Gasteiger partial charge in [0.1, 0.15) is 11.9 Å². The van der Waals surface area contributed by atoms with Gasteiger partial charge in [0.25, 0.3) is 0 Å². The molecule has 0 amide bonds. The van der Waals surface area contributed by atoms with Crippen molar-refractivity contribution < 1.29 is 14.3 Å². The Labute approximate surface area is 132 Å². The molecule has 5 heteroatoms. The molecule has 0 radical (unpaired) electrons. The fourth-order valence-corrected chi connectivity index (χ4v) is 3.31. The molecule has 0 fully saturated rings. The lowest BCUT2D eigenvalue weighted by Gasteiger charge is -2.29. The number of aliphatic carboxylic acids is 1. The number of H-pyrrole nitrogens is 1. The lowest BCUT2D eigenvalue weighted by Crippen LogP contribution is -2.44. The van der Waals surface area contributed by atoms with E-state index >= 15 is 0 Å². The van der Waals surface area contributed by atoms with E-state index in [4.69, 9.17) is 0 Å². The van der Waals surface area contributed by atoms with Gasteiger partial charge in [0.05, 0.1) is 6.04 Å². The molecule has 3 aromatic rings. The number of carbonyl (C=O) groups is 1. The van der Waals surface area contributed by atoms with E-state index in [0.717, 1.165) is 27.7 Å². The van der Waals surface area contributed by atoms with Gasteiger partial charge in [-0.25, -0.2) is 4.39 Å². The van der Waals surface area contributed by atoms with E-state index in [9.17, 15) is 14.3 Å². The molecule has 23 heavy (non-hydrogen) atoms. The molecule has 1 aliphatic rings. The van der Waals surface area contributed by atoms with Crippen molar-refractivity contribution in [2.45, 2.75) is 18.5 Å². The molecule has 0 unspecified atom stereocenters. The Morgan fingerprint density at radius 1 is 1.13 bits per heavy atom. The van der Waals surface area contributed by atoms with Crippen LogP contribution in [0.25, 0.3) is 10.9 Å². The Morgan fingerprint density at radius 2 is 1.87 bits per heavy atom. The van der Waals surface area contributed by atoms with Gasteiger partial charge < -0.3 is 10.1 Å². The van der Waals surface area contributed by atoms with Crippen molar-refractivity contribution in [3.8, 4) is 0 Å². The third kappa shape index (κ3) is 2.29. The monoisotopic (exact) mass is 310 g/mol. The molecule has 2 aromatic carbocycles. The van der Waals surface area contributed by atoms with Crippen LogP contribution in [-0.2, 0) is 11.2 Å². The summed E-state index contributed by atoms with van der Waals surface area (Å²) in [4.78, 5) is 14.9. The van der Waals surface area contributed by atoms with Crippen molar-refractivity contribution in [2.75, 3.05) is 0 Å². The molecular formula is C18H15FN2O2. The smallest absolute Gasteiger partial charge is 0.321 e. The van der Waals surface area contributed by atoms with Crippen LogP contribution in [-0.4, -0.2) is 22.1 Å². The maximum atomic E-state index is 13.2. The molecule has 4 rings (SSSR count). The minimum Gasteiger partial charge on any atom is -0.480 e. The van der Waals surface area contributed by atoms with Gasteiger partial charge in [0, 0.05) is 23.0 Å². The molecular weight excluding hydrogens is 295 g/mol. The first kappa shape index (κ1) is 14.0. The van der Waals surface area contributed by atoms with Crippen LogP contribution in [0, 0.1) is 5.82 Å². The number of carboxylic acids is 1. The Morgan fingerprint density at radius 3 is 2.61 bits per heavy atom. The van der Waals surface area contributed by atoms with E-state index in [0.29, 0.717) is 6.42 Å². The molecule has 1 aliphatic heterocycles. The highest BCUT2D eigenvalue weighted by Gasteiger charge is 2.33. The number of carboxylic acid groups (broad SMARTS) is 1. The summed E-state index contributed by atoms with van der Waals surface area (Å²) in [6.45, 7) is 0. The molecule has 116 valence electrons. The van der Waals surface area contributed by atoms with Gasteiger partial charge >= 0.3 is 5.97 Å². The van der Waals surface area contributed by atoms with Crippen LogP contribution in [0.2, 0.25) is 0 Å². The number of halogens is 1. The van der Waals surface area contributed by atoms with Gasteiger partial charge in [-0.1, -0.05) is 30.3 Å². The van der Waals surface area contributed by atoms with Crippen molar-refractivity contribution in [2.24, 2.45) is 0 Å². The maximum absolute atomic E-state index is 13.2. The Balaban J connectivity index is 1.89. The number of rotatable bonds is 2. The second-order valence-electron chi connectivity index (χ2n) is 5.81. The molecule has 0 aliphatic carbocycles. The first-order valence-electron chi connectivity index (χ1n) is 7.47. The largest absolute Gasteiger partial charge is 0.480 e. The van der Waals surface area contributed by atoms with Crippen LogP contribution in [0.1, 0.15) is 22.9 Å². The van der Waals surface area contributed by atoms with Gasteiger partial charge in [-0.05, 0) is 29.3 Å². The predicted octanol–water partition coefficient (Wildman–Crippen LogP) is 3.00. The number of aromatic nitrogens is 1. The highest BCUT2D eigenvalue weighted by atomic mass is 19.1. The molecule has 1 aromatic heterocycles. The summed E-state index contributed by atoms with van der Waals surface area (Å²) in [5.41, 5.74) is 3.79. The quantitative estimate of drug-likeness (QED) is 0.682. The van der Waals surface area contributed by atoms with Crippen molar-refractivity contribution in [3.63, 3.8) is 0 Å². The Kier molecular flexibility index (Phi) is 3.16. The van der Waals surface area contributed by atoms with E-state index in [1.165, 1.54) is 12.1 Å². The minimum atomic E-state index is -0.881. The normalized spacial score (nSPS) is 20.4. The second kappa shape index (κ2) is 5.21. The van der Waals surface area contributed by atoms with E-state index in [1.807, 2.05) is 24.3 Å². The third-order valence-electron chi connectivity index (χ3n) is 4.41. The van der Waals surface area contributed by atoms with Gasteiger partial charge in [-0.2, -0.15) is 0 Å². The van der Waals surface area contributed by atoms with E-state index in [2.05, 4.69) is 10.3 Å². The van der Waals surface area contributed by atoms with Gasteiger partial charge in [-0.3, -0.25) is 10.1 Å². The summed E-state index contributed by atoms with van der Waals surface area (Å²) >= 11 is 0. The SMILES string of the molecule is O=C(O)[C@H]1Cc2c([nH]c3ccccc23)[C@H](c2ccc(F)cc2)N1. The zero-order valence-electron chi connectivity index (χ0n) is 12.2. The van der Waals surface area contributed by atoms with E-state index in [1.54, 1.807) is 12.1 Å². The minimum absolute atomic E-state index is 0.298. The van der Waals surface area contributed by atoms with Crippen molar-refractivity contribution >= 4 is 16.9 Å². The van der Waals surface area contributed by atoms with Crippen LogP contribution >= 0.6 is 0 Å². The zero-order chi connectivity index (χ0) is 16.0. The van der Waals surface area contributed by atoms with Crippen LogP contribution in [0.5, 0.6) is 0 Å². The second-order valence-corrected chi connectivity index (χ2v) is 5.81. The predicted molar refractivity (Wildman–Crippen MR) is 84.8 cm³/mol. The van der Waals surface area contributed by atoms with E-state index in [-0.39, 0.29) is 11.9 Å². The van der Waals surface area contributed by atoms with Crippen LogP contribution < -0.4 is 5.32 Å². The molecule has 0 saturated heterocycles. The molecule has 4 nitrogen and oxygen atoms in total. The van der Waals surface area contributed by atoms with Crippen LogP contribution in [0.4, 0.5) is 4.39 Å². The lowest BCUT2D eigenvalue weighted by molar-refractivity contribution is -0.139. The highest BCUT2D eigenvalue weighted by molar-refractivity contribution is 5.87. The Hall–Kier alpha value is -2.66. The van der Waals surface area contributed by atoms with Crippen molar-refractivity contribution in [1.82, 2.24) is 10.3 Å². The summed E-state index contributed by atoms with van der Waals surface area (Å²) in [7, 11) is 0. The summed E-state index contributed by atoms with van der Waals surface area (Å²) in [5, 5.41) is 13.6. The maximum Gasteiger partial charge on any atom is 0.321 e. The summed E-state index contributed by atoms with van der Waals surface area (Å²) < 4.78 is 13.2. The number of benzene rings is 2. The lowest BCUT2D eigenvalue weighted by atomic mass is 9.90. The zero-order valence-corrected chi connectivity index (χ0v) is 12.2. The summed E-state index contributed by atoms with van der Waals surface area (Å²) in [5.74, 6) is -1.19. The number of hydrogen-bond donors (Lipinski definition) is 3. The number of hydrogen-bond acceptors (Lipinski definition) is 2. The average molecular weight is 310 g/mol. The van der Waals surface area contributed by atoms with E-state index < -0.39 is 12.0 Å². The molecule has 0 bridgehead atoms. The molecule has 3 N–H and O–H groups in total. The molecule has 0 spiro atoms. The molecule has 2 atom stereocenters. The van der Waals surface area contributed by atoms with Crippen molar-refractivity contribution in [1.29, 1.82) is 0 Å². The average Bonchev–Trinajstić information content (AvgIpc) is 2.93. The molecule has 2 heterocycles.